The van der Waals surface area contributed by atoms with E-state index in [9.17, 15) is 4.79 Å². The van der Waals surface area contributed by atoms with E-state index < -0.39 is 0 Å². The number of rotatable bonds is 7. The molecule has 0 aromatic heterocycles. The van der Waals surface area contributed by atoms with E-state index in [-0.39, 0.29) is 11.0 Å². The molecule has 0 aliphatic carbocycles. The van der Waals surface area contributed by atoms with E-state index in [0.717, 1.165) is 17.0 Å². The number of ether oxygens (including phenoxy) is 2. The number of hydrogen-bond acceptors (Lipinski definition) is 4. The van der Waals surface area contributed by atoms with E-state index in [0.29, 0.717) is 13.2 Å². The highest BCUT2D eigenvalue weighted by Gasteiger charge is 2.02. The van der Waals surface area contributed by atoms with E-state index in [1.807, 2.05) is 54.6 Å². The molecule has 0 atom stereocenters. The molecule has 0 saturated heterocycles. The average molecular weight is 356 g/mol. The van der Waals surface area contributed by atoms with Crippen LogP contribution in [0.1, 0.15) is 5.56 Å². The Morgan fingerprint density at radius 2 is 1.80 bits per heavy atom. The van der Waals surface area contributed by atoms with Crippen LogP contribution < -0.4 is 15.4 Å². The molecule has 130 valence electrons. The fraction of sp³-hybridized carbons (Fsp3) is 0.158. The van der Waals surface area contributed by atoms with E-state index in [2.05, 4.69) is 10.6 Å². The minimum atomic E-state index is -0.291. The lowest BCUT2D eigenvalue weighted by molar-refractivity contribution is -0.115. The number of nitrogens with one attached hydrogen (secondary N) is 2. The van der Waals surface area contributed by atoms with Crippen molar-refractivity contribution in [3.05, 3.63) is 66.2 Å². The molecule has 2 N–H and O–H groups in total. The molecule has 0 heterocycles. The number of thiocarbonyl (C=S) groups is 1. The number of benzene rings is 2. The molecule has 6 heteroatoms. The average Bonchev–Trinajstić information content (AvgIpc) is 2.62. The maximum atomic E-state index is 11.9. The Labute approximate surface area is 152 Å². The Morgan fingerprint density at radius 3 is 2.48 bits per heavy atom. The van der Waals surface area contributed by atoms with Gasteiger partial charge in [-0.15, -0.1) is 0 Å². The summed E-state index contributed by atoms with van der Waals surface area (Å²) in [5.74, 6) is 0.448. The Hall–Kier alpha value is -2.70. The van der Waals surface area contributed by atoms with Crippen molar-refractivity contribution in [3.63, 3.8) is 0 Å². The zero-order valence-electron chi connectivity index (χ0n) is 13.9. The molecule has 0 bridgehead atoms. The van der Waals surface area contributed by atoms with Crippen LogP contribution in [0.5, 0.6) is 5.75 Å². The lowest BCUT2D eigenvalue weighted by Gasteiger charge is -2.09. The predicted octanol–water partition coefficient (Wildman–Crippen LogP) is 3.24. The standard InChI is InChI=1S/C19H20N2O3S/c1-23-13-14-24-17-10-8-16(9-11-17)20-19(25)21-18(22)12-7-15-5-3-2-4-6-15/h2-12H,13-14H2,1H3,(H2,20,21,22,25)/b12-7+. The van der Waals surface area contributed by atoms with Gasteiger partial charge >= 0.3 is 0 Å². The summed E-state index contributed by atoms with van der Waals surface area (Å²) in [5.41, 5.74) is 1.71. The van der Waals surface area contributed by atoms with Crippen molar-refractivity contribution in [2.24, 2.45) is 0 Å². The van der Waals surface area contributed by atoms with Gasteiger partial charge in [-0.1, -0.05) is 30.3 Å². The summed E-state index contributed by atoms with van der Waals surface area (Å²) in [6.45, 7) is 1.03. The first-order valence-electron chi connectivity index (χ1n) is 7.74. The second-order valence-electron chi connectivity index (χ2n) is 5.05. The number of methoxy groups -OCH3 is 1. The quantitative estimate of drug-likeness (QED) is 0.453. The minimum Gasteiger partial charge on any atom is -0.491 e. The van der Waals surface area contributed by atoms with Crippen LogP contribution in [0.2, 0.25) is 0 Å². The van der Waals surface area contributed by atoms with Crippen molar-refractivity contribution < 1.29 is 14.3 Å². The highest BCUT2D eigenvalue weighted by Crippen LogP contribution is 2.15. The number of carbonyl (C=O) groups is 1. The van der Waals surface area contributed by atoms with Crippen molar-refractivity contribution in [2.45, 2.75) is 0 Å². The van der Waals surface area contributed by atoms with Gasteiger partial charge in [-0.25, -0.2) is 0 Å². The van der Waals surface area contributed by atoms with Crippen LogP contribution in [0.3, 0.4) is 0 Å². The van der Waals surface area contributed by atoms with Gasteiger partial charge in [0.2, 0.25) is 5.91 Å². The molecule has 2 aromatic carbocycles. The first-order chi connectivity index (χ1) is 12.2. The third-order valence-electron chi connectivity index (χ3n) is 3.13. The minimum absolute atomic E-state index is 0.232. The first-order valence-corrected chi connectivity index (χ1v) is 8.15. The van der Waals surface area contributed by atoms with E-state index in [1.165, 1.54) is 6.08 Å². The Balaban J connectivity index is 1.79. The summed E-state index contributed by atoms with van der Waals surface area (Å²) in [6, 6.07) is 16.8. The predicted molar refractivity (Wildman–Crippen MR) is 104 cm³/mol. The third-order valence-corrected chi connectivity index (χ3v) is 3.34. The molecule has 5 nitrogen and oxygen atoms in total. The maximum Gasteiger partial charge on any atom is 0.250 e. The molecule has 0 aliphatic rings. The van der Waals surface area contributed by atoms with E-state index >= 15 is 0 Å². The molecule has 0 aliphatic heterocycles. The fourth-order valence-corrected chi connectivity index (χ4v) is 2.15. The third kappa shape index (κ3) is 7.15. The smallest absolute Gasteiger partial charge is 0.250 e. The van der Waals surface area contributed by atoms with E-state index in [4.69, 9.17) is 21.7 Å². The van der Waals surface area contributed by atoms with Crippen molar-refractivity contribution in [2.75, 3.05) is 25.6 Å². The highest BCUT2D eigenvalue weighted by molar-refractivity contribution is 7.80. The molecular formula is C19H20N2O3S. The molecule has 2 rings (SSSR count). The number of anilines is 1. The molecule has 0 radical (unpaired) electrons. The second-order valence-corrected chi connectivity index (χ2v) is 5.46. The van der Waals surface area contributed by atoms with Crippen LogP contribution >= 0.6 is 12.2 Å². The molecule has 0 spiro atoms. The normalized spacial score (nSPS) is 10.4. The monoisotopic (exact) mass is 356 g/mol. The van der Waals surface area contributed by atoms with Gasteiger partial charge in [0.05, 0.1) is 6.61 Å². The number of hydrogen-bond donors (Lipinski definition) is 2. The van der Waals surface area contributed by atoms with Crippen molar-refractivity contribution in [3.8, 4) is 5.75 Å². The molecular weight excluding hydrogens is 336 g/mol. The Morgan fingerprint density at radius 1 is 1.08 bits per heavy atom. The molecule has 0 fully saturated rings. The summed E-state index contributed by atoms with van der Waals surface area (Å²) >= 11 is 5.14. The summed E-state index contributed by atoms with van der Waals surface area (Å²) in [4.78, 5) is 11.9. The topological polar surface area (TPSA) is 59.6 Å². The van der Waals surface area contributed by atoms with Crippen LogP contribution in [0, 0.1) is 0 Å². The van der Waals surface area contributed by atoms with E-state index in [1.54, 1.807) is 13.2 Å². The van der Waals surface area contributed by atoms with Crippen molar-refractivity contribution in [1.29, 1.82) is 0 Å². The van der Waals surface area contributed by atoms with Crippen molar-refractivity contribution in [1.82, 2.24) is 5.32 Å². The van der Waals surface area contributed by atoms with Crippen LogP contribution in [0.25, 0.3) is 6.08 Å². The lowest BCUT2D eigenvalue weighted by atomic mass is 10.2. The van der Waals surface area contributed by atoms with Gasteiger partial charge in [0.15, 0.2) is 5.11 Å². The fourth-order valence-electron chi connectivity index (χ4n) is 1.93. The summed E-state index contributed by atoms with van der Waals surface area (Å²) in [7, 11) is 1.63. The molecule has 1 amide bonds. The van der Waals surface area contributed by atoms with Gasteiger partial charge < -0.3 is 14.8 Å². The SMILES string of the molecule is COCCOc1ccc(NC(=S)NC(=O)/C=C/c2ccccc2)cc1. The highest BCUT2D eigenvalue weighted by atomic mass is 32.1. The molecule has 0 saturated carbocycles. The summed E-state index contributed by atoms with van der Waals surface area (Å²) in [6.07, 6.45) is 3.17. The first kappa shape index (κ1) is 18.6. The van der Waals surface area contributed by atoms with Gasteiger partial charge in [0.25, 0.3) is 0 Å². The van der Waals surface area contributed by atoms with Gasteiger partial charge in [0.1, 0.15) is 12.4 Å². The largest absolute Gasteiger partial charge is 0.491 e. The molecule has 0 unspecified atom stereocenters. The number of amides is 1. The lowest BCUT2D eigenvalue weighted by Crippen LogP contribution is -2.32. The van der Waals surface area contributed by atoms with Crippen molar-refractivity contribution >= 4 is 35.0 Å². The zero-order valence-corrected chi connectivity index (χ0v) is 14.7. The molecule has 25 heavy (non-hydrogen) atoms. The number of carbonyl (C=O) groups excluding carboxylic acids is 1. The van der Waals surface area contributed by atoms with Gasteiger partial charge in [0, 0.05) is 18.9 Å². The maximum absolute atomic E-state index is 11.9. The summed E-state index contributed by atoms with van der Waals surface area (Å²) in [5, 5.41) is 5.78. The van der Waals surface area contributed by atoms with Gasteiger partial charge in [-0.05, 0) is 48.1 Å². The Kier molecular flexibility index (Phi) is 7.62. The van der Waals surface area contributed by atoms with Crippen LogP contribution in [0.4, 0.5) is 5.69 Å². The van der Waals surface area contributed by atoms with Gasteiger partial charge in [-0.2, -0.15) is 0 Å². The van der Waals surface area contributed by atoms with Crippen LogP contribution in [-0.2, 0) is 9.53 Å². The van der Waals surface area contributed by atoms with Crippen LogP contribution in [0.15, 0.2) is 60.7 Å². The Bertz CT molecular complexity index is 715. The molecule has 2 aromatic rings. The summed E-state index contributed by atoms with van der Waals surface area (Å²) < 4.78 is 10.4. The van der Waals surface area contributed by atoms with Gasteiger partial charge in [-0.3, -0.25) is 10.1 Å². The zero-order chi connectivity index (χ0) is 17.9. The van der Waals surface area contributed by atoms with Crippen LogP contribution in [-0.4, -0.2) is 31.3 Å². The second kappa shape index (κ2) is 10.2.